The molecule has 3 heterocycles. The second-order valence-corrected chi connectivity index (χ2v) is 5.54. The average Bonchev–Trinajstić information content (AvgIpc) is 3.06. The number of aromatic nitrogens is 5. The maximum absolute atomic E-state index is 12.6. The number of thiophene rings is 1. The van der Waals surface area contributed by atoms with Gasteiger partial charge in [0, 0.05) is 6.54 Å². The maximum Gasteiger partial charge on any atom is 0.271 e. The van der Waals surface area contributed by atoms with Gasteiger partial charge in [-0.15, -0.1) is 11.3 Å². The van der Waals surface area contributed by atoms with Crippen molar-refractivity contribution in [1.29, 1.82) is 0 Å². The van der Waals surface area contributed by atoms with Gasteiger partial charge < -0.3 is 0 Å². The molecule has 0 saturated heterocycles. The van der Waals surface area contributed by atoms with Crippen molar-refractivity contribution in [2.75, 3.05) is 0 Å². The van der Waals surface area contributed by atoms with Gasteiger partial charge in [0.15, 0.2) is 0 Å². The van der Waals surface area contributed by atoms with Gasteiger partial charge in [0.05, 0.1) is 17.9 Å². The molecular weight excluding hydrogens is 274 g/mol. The molecule has 3 rings (SSSR count). The van der Waals surface area contributed by atoms with Crippen LogP contribution in [0.2, 0.25) is 0 Å². The Labute approximate surface area is 119 Å². The predicted octanol–water partition coefficient (Wildman–Crippen LogP) is 1.99. The Morgan fingerprint density at radius 2 is 2.20 bits per heavy atom. The number of rotatable bonds is 3. The van der Waals surface area contributed by atoms with E-state index in [4.69, 9.17) is 0 Å². The van der Waals surface area contributed by atoms with Crippen molar-refractivity contribution in [3.63, 3.8) is 0 Å². The molecule has 0 aromatic carbocycles. The Hall–Kier alpha value is -2.02. The van der Waals surface area contributed by atoms with Gasteiger partial charge in [0.2, 0.25) is 0 Å². The zero-order chi connectivity index (χ0) is 14.3. The lowest BCUT2D eigenvalue weighted by molar-refractivity contribution is 0.514. The Kier molecular flexibility index (Phi) is 3.13. The summed E-state index contributed by atoms with van der Waals surface area (Å²) >= 11 is 1.44. The molecule has 104 valence electrons. The van der Waals surface area contributed by atoms with Crippen molar-refractivity contribution in [1.82, 2.24) is 24.3 Å². The van der Waals surface area contributed by atoms with Gasteiger partial charge in [0.1, 0.15) is 16.9 Å². The molecule has 3 aromatic heterocycles. The van der Waals surface area contributed by atoms with Crippen LogP contribution in [0.3, 0.4) is 0 Å². The van der Waals surface area contributed by atoms with Crippen molar-refractivity contribution >= 4 is 21.6 Å². The topological polar surface area (TPSA) is 65.6 Å². The molecule has 7 heteroatoms. The largest absolute Gasteiger partial charge is 0.287 e. The molecule has 0 amide bonds. The number of nitrogens with zero attached hydrogens (tertiary/aromatic N) is 5. The third-order valence-corrected chi connectivity index (χ3v) is 4.49. The van der Waals surface area contributed by atoms with Gasteiger partial charge in [-0.3, -0.25) is 9.36 Å². The minimum absolute atomic E-state index is 0.0220. The van der Waals surface area contributed by atoms with Gasteiger partial charge in [-0.25, -0.2) is 14.6 Å². The highest BCUT2D eigenvalue weighted by molar-refractivity contribution is 7.17. The summed E-state index contributed by atoms with van der Waals surface area (Å²) in [6.45, 7) is 6.62. The van der Waals surface area contributed by atoms with Crippen LogP contribution in [0.15, 0.2) is 22.8 Å². The van der Waals surface area contributed by atoms with E-state index < -0.39 is 0 Å². The normalized spacial score (nSPS) is 12.9. The highest BCUT2D eigenvalue weighted by atomic mass is 32.1. The van der Waals surface area contributed by atoms with E-state index in [0.29, 0.717) is 4.70 Å². The molecule has 0 fully saturated rings. The van der Waals surface area contributed by atoms with Crippen LogP contribution in [0, 0.1) is 6.92 Å². The van der Waals surface area contributed by atoms with Crippen LogP contribution in [0.5, 0.6) is 0 Å². The lowest BCUT2D eigenvalue weighted by Crippen LogP contribution is -2.26. The van der Waals surface area contributed by atoms with E-state index in [9.17, 15) is 4.79 Å². The summed E-state index contributed by atoms with van der Waals surface area (Å²) in [4.78, 5) is 21.2. The van der Waals surface area contributed by atoms with Crippen LogP contribution in [0.1, 0.15) is 31.3 Å². The first kappa shape index (κ1) is 13.0. The monoisotopic (exact) mass is 289 g/mol. The summed E-state index contributed by atoms with van der Waals surface area (Å²) in [6, 6.07) is -0.191. The fourth-order valence-electron chi connectivity index (χ4n) is 2.28. The lowest BCUT2D eigenvalue weighted by Gasteiger charge is -2.14. The van der Waals surface area contributed by atoms with Crippen molar-refractivity contribution in [2.45, 2.75) is 33.4 Å². The van der Waals surface area contributed by atoms with Crippen LogP contribution >= 0.6 is 11.3 Å². The third-order valence-electron chi connectivity index (χ3n) is 3.42. The van der Waals surface area contributed by atoms with Crippen molar-refractivity contribution in [3.05, 3.63) is 39.8 Å². The summed E-state index contributed by atoms with van der Waals surface area (Å²) < 4.78 is 4.11. The molecule has 0 aliphatic rings. The Morgan fingerprint density at radius 3 is 2.95 bits per heavy atom. The van der Waals surface area contributed by atoms with E-state index in [-0.39, 0.29) is 11.6 Å². The Morgan fingerprint density at radius 1 is 1.40 bits per heavy atom. The SMILES string of the molecule is CCn1ncnc1[C@H](C)n1cnc2c(C)csc2c1=O. The lowest BCUT2D eigenvalue weighted by atomic mass is 10.3. The van der Waals surface area contributed by atoms with Crippen molar-refractivity contribution in [3.8, 4) is 0 Å². The minimum Gasteiger partial charge on any atom is -0.287 e. The van der Waals surface area contributed by atoms with Gasteiger partial charge in [-0.05, 0) is 31.7 Å². The number of aryl methyl sites for hydroxylation is 2. The third kappa shape index (κ3) is 1.85. The van der Waals surface area contributed by atoms with Gasteiger partial charge in [-0.2, -0.15) is 5.10 Å². The molecule has 20 heavy (non-hydrogen) atoms. The van der Waals surface area contributed by atoms with Gasteiger partial charge in [-0.1, -0.05) is 0 Å². The maximum atomic E-state index is 12.6. The van der Waals surface area contributed by atoms with Gasteiger partial charge in [0.25, 0.3) is 5.56 Å². The summed E-state index contributed by atoms with van der Waals surface area (Å²) in [6.07, 6.45) is 3.12. The number of hydrogen-bond acceptors (Lipinski definition) is 5. The van der Waals surface area contributed by atoms with Crippen LogP contribution in [-0.4, -0.2) is 24.3 Å². The first-order valence-corrected chi connectivity index (χ1v) is 7.34. The zero-order valence-electron chi connectivity index (χ0n) is 11.6. The number of fused-ring (bicyclic) bond motifs is 1. The van der Waals surface area contributed by atoms with Crippen molar-refractivity contribution in [2.24, 2.45) is 0 Å². The average molecular weight is 289 g/mol. The Balaban J connectivity index is 2.15. The highest BCUT2D eigenvalue weighted by Crippen LogP contribution is 2.21. The quantitative estimate of drug-likeness (QED) is 0.739. The molecule has 0 N–H and O–H groups in total. The van der Waals surface area contributed by atoms with Gasteiger partial charge >= 0.3 is 0 Å². The second-order valence-electron chi connectivity index (χ2n) is 4.66. The predicted molar refractivity (Wildman–Crippen MR) is 78.1 cm³/mol. The first-order chi connectivity index (χ1) is 9.63. The summed E-state index contributed by atoms with van der Waals surface area (Å²) in [5.74, 6) is 0.768. The van der Waals surface area contributed by atoms with Crippen LogP contribution in [0.4, 0.5) is 0 Å². The second kappa shape index (κ2) is 4.82. The number of hydrogen-bond donors (Lipinski definition) is 0. The van der Waals surface area contributed by atoms with E-state index in [2.05, 4.69) is 15.1 Å². The molecule has 1 atom stereocenters. The molecule has 6 nitrogen and oxygen atoms in total. The molecule has 3 aromatic rings. The molecule has 0 radical (unpaired) electrons. The van der Waals surface area contributed by atoms with E-state index in [0.717, 1.165) is 23.4 Å². The fraction of sp³-hybridized carbons (Fsp3) is 0.385. The van der Waals surface area contributed by atoms with E-state index in [1.165, 1.54) is 17.7 Å². The highest BCUT2D eigenvalue weighted by Gasteiger charge is 2.18. The molecular formula is C13H15N5OS. The smallest absolute Gasteiger partial charge is 0.271 e. The molecule has 0 saturated carbocycles. The van der Waals surface area contributed by atoms with Crippen LogP contribution < -0.4 is 5.56 Å². The van der Waals surface area contributed by atoms with E-state index >= 15 is 0 Å². The Bertz CT molecular complexity index is 816. The van der Waals surface area contributed by atoms with E-state index in [1.54, 1.807) is 15.6 Å². The fourth-order valence-corrected chi connectivity index (χ4v) is 3.22. The molecule has 0 bridgehead atoms. The molecule has 0 aliphatic carbocycles. The zero-order valence-corrected chi connectivity index (χ0v) is 12.4. The molecule has 0 unspecified atom stereocenters. The molecule has 0 aliphatic heterocycles. The molecule has 0 spiro atoms. The van der Waals surface area contributed by atoms with Crippen LogP contribution in [0.25, 0.3) is 10.2 Å². The van der Waals surface area contributed by atoms with E-state index in [1.807, 2.05) is 26.2 Å². The first-order valence-electron chi connectivity index (χ1n) is 6.46. The summed E-state index contributed by atoms with van der Waals surface area (Å²) in [5.41, 5.74) is 1.81. The minimum atomic E-state index is -0.191. The standard InChI is InChI=1S/C13H15N5OS/c1-4-18-12(14-6-16-18)9(3)17-7-15-10-8(2)5-20-11(10)13(17)19/h5-7,9H,4H2,1-3H3/t9-/m0/s1. The van der Waals surface area contributed by atoms with Crippen LogP contribution in [-0.2, 0) is 6.54 Å². The summed E-state index contributed by atoms with van der Waals surface area (Å²) in [7, 11) is 0. The summed E-state index contributed by atoms with van der Waals surface area (Å²) in [5, 5.41) is 6.11. The van der Waals surface area contributed by atoms with Crippen molar-refractivity contribution < 1.29 is 0 Å².